The van der Waals surface area contributed by atoms with Crippen LogP contribution in [0.2, 0.25) is 0 Å². The van der Waals surface area contributed by atoms with E-state index in [0.29, 0.717) is 15.9 Å². The summed E-state index contributed by atoms with van der Waals surface area (Å²) in [6.45, 7) is 0. The number of nitrogen functional groups attached to an aromatic ring is 1. The van der Waals surface area contributed by atoms with Crippen molar-refractivity contribution in [3.8, 4) is 11.5 Å². The van der Waals surface area contributed by atoms with E-state index in [1.165, 1.54) is 12.1 Å². The maximum Gasteiger partial charge on any atom is 0.267 e. The molecule has 0 amide bonds. The Labute approximate surface area is 112 Å². The maximum absolute atomic E-state index is 12.8. The zero-order valence-corrected chi connectivity index (χ0v) is 10.8. The zero-order chi connectivity index (χ0) is 13.1. The van der Waals surface area contributed by atoms with E-state index in [2.05, 4.69) is 15.9 Å². The van der Waals surface area contributed by atoms with Crippen molar-refractivity contribution in [1.29, 1.82) is 0 Å². The number of nitrogens with two attached hydrogens (primary N) is 1. The molecule has 0 unspecified atom stereocenters. The smallest absolute Gasteiger partial charge is 0.267 e. The maximum atomic E-state index is 12.8. The van der Waals surface area contributed by atoms with Crippen LogP contribution in [0.15, 0.2) is 46.9 Å². The van der Waals surface area contributed by atoms with Crippen LogP contribution >= 0.6 is 15.9 Å². The van der Waals surface area contributed by atoms with Crippen LogP contribution in [-0.2, 0) is 0 Å². The highest BCUT2D eigenvalue weighted by Gasteiger charge is 2.15. The van der Waals surface area contributed by atoms with Crippen LogP contribution in [0.3, 0.4) is 0 Å². The lowest BCUT2D eigenvalue weighted by molar-refractivity contribution is 0.148. The number of alkyl halides is 2. The quantitative estimate of drug-likeness (QED) is 0.829. The lowest BCUT2D eigenvalue weighted by Gasteiger charge is -2.12. The molecule has 2 N–H and O–H groups in total. The fourth-order valence-electron chi connectivity index (χ4n) is 1.48. The predicted octanol–water partition coefficient (Wildman–Crippen LogP) is 4.76. The summed E-state index contributed by atoms with van der Waals surface area (Å²) in [6.07, 6.45) is -2.59. The number of benzene rings is 2. The molecule has 0 aliphatic heterocycles. The Morgan fingerprint density at radius 2 is 1.67 bits per heavy atom. The molecular weight excluding hydrogens is 304 g/mol. The number of halogens is 3. The van der Waals surface area contributed by atoms with Crippen molar-refractivity contribution < 1.29 is 13.5 Å². The average molecular weight is 314 g/mol. The molecule has 18 heavy (non-hydrogen) atoms. The van der Waals surface area contributed by atoms with Gasteiger partial charge in [0.2, 0.25) is 0 Å². The number of hydrogen-bond acceptors (Lipinski definition) is 2. The third kappa shape index (κ3) is 2.61. The van der Waals surface area contributed by atoms with Crippen molar-refractivity contribution >= 4 is 21.6 Å². The van der Waals surface area contributed by atoms with Gasteiger partial charge >= 0.3 is 0 Å². The Bertz CT molecular complexity index is 560. The van der Waals surface area contributed by atoms with Crippen molar-refractivity contribution in [3.05, 3.63) is 52.5 Å². The van der Waals surface area contributed by atoms with Crippen LogP contribution in [0.25, 0.3) is 0 Å². The normalized spacial score (nSPS) is 10.7. The Morgan fingerprint density at radius 3 is 2.39 bits per heavy atom. The summed E-state index contributed by atoms with van der Waals surface area (Å²) >= 11 is 3.25. The van der Waals surface area contributed by atoms with Crippen molar-refractivity contribution in [3.63, 3.8) is 0 Å². The molecule has 0 radical (unpaired) electrons. The van der Waals surface area contributed by atoms with Gasteiger partial charge in [0.25, 0.3) is 6.43 Å². The summed E-state index contributed by atoms with van der Waals surface area (Å²) in [6, 6.07) is 11.1. The highest BCUT2D eigenvalue weighted by molar-refractivity contribution is 9.10. The van der Waals surface area contributed by atoms with E-state index in [-0.39, 0.29) is 11.3 Å². The van der Waals surface area contributed by atoms with Gasteiger partial charge < -0.3 is 10.5 Å². The summed E-state index contributed by atoms with van der Waals surface area (Å²) in [5.74, 6) is 0.453. The van der Waals surface area contributed by atoms with E-state index in [0.717, 1.165) is 0 Å². The number of para-hydroxylation sites is 2. The highest BCUT2D eigenvalue weighted by atomic mass is 79.9. The van der Waals surface area contributed by atoms with E-state index < -0.39 is 6.43 Å². The molecule has 0 fully saturated rings. The van der Waals surface area contributed by atoms with Gasteiger partial charge in [-0.1, -0.05) is 18.2 Å². The molecule has 94 valence electrons. The second-order valence-corrected chi connectivity index (χ2v) is 4.45. The standard InChI is InChI=1S/C13H10BrF2NO/c14-9-5-3-7-11(12(9)17)18-10-6-2-1-4-8(10)13(15)16/h1-7,13H,17H2. The number of anilines is 1. The topological polar surface area (TPSA) is 35.2 Å². The molecule has 0 heterocycles. The molecule has 0 spiro atoms. The van der Waals surface area contributed by atoms with E-state index in [1.807, 2.05) is 0 Å². The van der Waals surface area contributed by atoms with E-state index in [4.69, 9.17) is 10.5 Å². The van der Waals surface area contributed by atoms with Gasteiger partial charge in [0, 0.05) is 4.47 Å². The van der Waals surface area contributed by atoms with Gasteiger partial charge in [0.15, 0.2) is 5.75 Å². The van der Waals surface area contributed by atoms with E-state index in [9.17, 15) is 8.78 Å². The monoisotopic (exact) mass is 313 g/mol. The number of rotatable bonds is 3. The first kappa shape index (κ1) is 12.8. The molecule has 0 aliphatic carbocycles. The molecule has 2 rings (SSSR count). The molecule has 5 heteroatoms. The lowest BCUT2D eigenvalue weighted by Crippen LogP contribution is -1.96. The van der Waals surface area contributed by atoms with Gasteiger partial charge in [-0.05, 0) is 40.2 Å². The van der Waals surface area contributed by atoms with Crippen molar-refractivity contribution in [2.24, 2.45) is 0 Å². The summed E-state index contributed by atoms with van der Waals surface area (Å²) < 4.78 is 31.7. The van der Waals surface area contributed by atoms with Crippen molar-refractivity contribution in [1.82, 2.24) is 0 Å². The summed E-state index contributed by atoms with van der Waals surface area (Å²) in [7, 11) is 0. The van der Waals surface area contributed by atoms with Gasteiger partial charge in [0.1, 0.15) is 5.75 Å². The molecule has 0 bridgehead atoms. The van der Waals surface area contributed by atoms with Gasteiger partial charge in [0.05, 0.1) is 11.3 Å². The van der Waals surface area contributed by atoms with Crippen LogP contribution in [0.4, 0.5) is 14.5 Å². The molecule has 2 aromatic rings. The number of ether oxygens (including phenoxy) is 1. The third-order valence-corrected chi connectivity index (χ3v) is 3.08. The first-order valence-electron chi connectivity index (χ1n) is 5.18. The van der Waals surface area contributed by atoms with Crippen LogP contribution in [0, 0.1) is 0 Å². The Kier molecular flexibility index (Phi) is 3.81. The molecule has 0 aromatic heterocycles. The van der Waals surface area contributed by atoms with Crippen LogP contribution < -0.4 is 10.5 Å². The Hall–Kier alpha value is -1.62. The minimum Gasteiger partial charge on any atom is -0.455 e. The zero-order valence-electron chi connectivity index (χ0n) is 9.24. The Morgan fingerprint density at radius 1 is 1.00 bits per heavy atom. The van der Waals surface area contributed by atoms with Gasteiger partial charge in [-0.25, -0.2) is 8.78 Å². The fraction of sp³-hybridized carbons (Fsp3) is 0.0769. The molecule has 0 saturated carbocycles. The van der Waals surface area contributed by atoms with Gasteiger partial charge in [-0.15, -0.1) is 0 Å². The summed E-state index contributed by atoms with van der Waals surface area (Å²) in [5.41, 5.74) is 6.02. The second kappa shape index (κ2) is 5.35. The van der Waals surface area contributed by atoms with E-state index in [1.54, 1.807) is 30.3 Å². The average Bonchev–Trinajstić information content (AvgIpc) is 2.35. The summed E-state index contributed by atoms with van der Waals surface area (Å²) in [4.78, 5) is 0. The van der Waals surface area contributed by atoms with Gasteiger partial charge in [-0.3, -0.25) is 0 Å². The lowest BCUT2D eigenvalue weighted by atomic mass is 10.2. The first-order chi connectivity index (χ1) is 8.59. The van der Waals surface area contributed by atoms with Crippen LogP contribution in [0.5, 0.6) is 11.5 Å². The second-order valence-electron chi connectivity index (χ2n) is 3.59. The van der Waals surface area contributed by atoms with Gasteiger partial charge in [-0.2, -0.15) is 0 Å². The predicted molar refractivity (Wildman–Crippen MR) is 70.0 cm³/mol. The third-order valence-electron chi connectivity index (χ3n) is 2.39. The molecule has 2 nitrogen and oxygen atoms in total. The first-order valence-corrected chi connectivity index (χ1v) is 5.98. The van der Waals surface area contributed by atoms with Crippen molar-refractivity contribution in [2.75, 3.05) is 5.73 Å². The minimum absolute atomic E-state index is 0.109. The molecular formula is C13H10BrF2NO. The fourth-order valence-corrected chi connectivity index (χ4v) is 1.83. The largest absolute Gasteiger partial charge is 0.455 e. The molecule has 0 aliphatic rings. The SMILES string of the molecule is Nc1c(Br)cccc1Oc1ccccc1C(F)F. The van der Waals surface area contributed by atoms with Crippen LogP contribution in [0.1, 0.15) is 12.0 Å². The summed E-state index contributed by atoms with van der Waals surface area (Å²) in [5, 5.41) is 0. The highest BCUT2D eigenvalue weighted by Crippen LogP contribution is 2.36. The Balaban J connectivity index is 2.37. The molecule has 0 saturated heterocycles. The van der Waals surface area contributed by atoms with E-state index >= 15 is 0 Å². The number of hydrogen-bond donors (Lipinski definition) is 1. The van der Waals surface area contributed by atoms with Crippen molar-refractivity contribution in [2.45, 2.75) is 6.43 Å². The van der Waals surface area contributed by atoms with Crippen LogP contribution in [-0.4, -0.2) is 0 Å². The molecule has 0 atom stereocenters. The molecule has 2 aromatic carbocycles. The minimum atomic E-state index is -2.59.